The highest BCUT2D eigenvalue weighted by Gasteiger charge is 2.33. The molecule has 4 nitrogen and oxygen atoms in total. The van der Waals surface area contributed by atoms with Gasteiger partial charge in [-0.15, -0.1) is 0 Å². The van der Waals surface area contributed by atoms with Crippen molar-refractivity contribution >= 4 is 23.3 Å². The second kappa shape index (κ2) is 7.18. The topological polar surface area (TPSA) is 42.4 Å². The van der Waals surface area contributed by atoms with Crippen LogP contribution in [0.1, 0.15) is 11.1 Å². The molecule has 130 valence electrons. The molecule has 4 rings (SSSR count). The normalized spacial score (nSPS) is 15.2. The molecule has 0 radical (unpaired) electrons. The van der Waals surface area contributed by atoms with Crippen molar-refractivity contribution in [3.05, 3.63) is 89.1 Å². The van der Waals surface area contributed by atoms with Gasteiger partial charge in [0.1, 0.15) is 11.6 Å². The largest absolute Gasteiger partial charge is 0.480 e. The van der Waals surface area contributed by atoms with Gasteiger partial charge < -0.3 is 4.74 Å². The predicted molar refractivity (Wildman–Crippen MR) is 101 cm³/mol. The summed E-state index contributed by atoms with van der Waals surface area (Å²) in [6.07, 6.45) is 1.62. The number of pyridine rings is 1. The van der Waals surface area contributed by atoms with E-state index in [4.69, 9.17) is 16.3 Å². The molecule has 0 unspecified atom stereocenters. The van der Waals surface area contributed by atoms with E-state index < -0.39 is 6.10 Å². The van der Waals surface area contributed by atoms with E-state index in [-0.39, 0.29) is 5.91 Å². The average Bonchev–Trinajstić information content (AvgIpc) is 3.10. The van der Waals surface area contributed by atoms with Crippen LogP contribution in [0.4, 0.5) is 5.82 Å². The van der Waals surface area contributed by atoms with Crippen LogP contribution in [-0.4, -0.2) is 17.0 Å². The third-order valence-electron chi connectivity index (χ3n) is 4.35. The van der Waals surface area contributed by atoms with Crippen molar-refractivity contribution in [1.82, 2.24) is 4.98 Å². The lowest BCUT2D eigenvalue weighted by Crippen LogP contribution is -2.41. The zero-order valence-corrected chi connectivity index (χ0v) is 14.8. The number of ether oxygens (including phenoxy) is 1. The van der Waals surface area contributed by atoms with Crippen molar-refractivity contribution < 1.29 is 9.53 Å². The summed E-state index contributed by atoms with van der Waals surface area (Å²) in [6, 6.07) is 20.8. The monoisotopic (exact) mass is 364 g/mol. The maximum atomic E-state index is 13.2. The highest BCUT2D eigenvalue weighted by atomic mass is 35.5. The molecule has 0 spiro atoms. The number of carbonyl (C=O) groups excluding carboxylic acids is 1. The number of amides is 1. The minimum atomic E-state index is -0.575. The van der Waals surface area contributed by atoms with E-state index in [9.17, 15) is 4.79 Å². The highest BCUT2D eigenvalue weighted by Crippen LogP contribution is 2.32. The molecule has 0 saturated carbocycles. The number of fused-ring (bicyclic) bond motifs is 1. The number of hydrogen-bond donors (Lipinski definition) is 0. The molecule has 5 heteroatoms. The number of halogens is 1. The third kappa shape index (κ3) is 3.41. The average molecular weight is 365 g/mol. The molecule has 1 atom stereocenters. The zero-order valence-electron chi connectivity index (χ0n) is 14.0. The molecule has 2 heterocycles. The molecule has 1 aliphatic heterocycles. The van der Waals surface area contributed by atoms with Crippen molar-refractivity contribution in [2.24, 2.45) is 0 Å². The summed E-state index contributed by atoms with van der Waals surface area (Å²) in [5.74, 6) is 1.22. The quantitative estimate of drug-likeness (QED) is 0.694. The Labute approximate surface area is 157 Å². The smallest absolute Gasteiger partial charge is 0.269 e. The van der Waals surface area contributed by atoms with Gasteiger partial charge in [-0.05, 0) is 41.5 Å². The Balaban J connectivity index is 1.61. The summed E-state index contributed by atoms with van der Waals surface area (Å²) in [6.45, 7) is 0.438. The van der Waals surface area contributed by atoms with E-state index in [1.165, 1.54) is 0 Å². The van der Waals surface area contributed by atoms with Gasteiger partial charge in [-0.3, -0.25) is 9.69 Å². The van der Waals surface area contributed by atoms with Crippen molar-refractivity contribution in [1.29, 1.82) is 0 Å². The Morgan fingerprint density at radius 3 is 2.69 bits per heavy atom. The van der Waals surface area contributed by atoms with Gasteiger partial charge in [0.05, 0.1) is 6.54 Å². The van der Waals surface area contributed by atoms with Gasteiger partial charge in [-0.1, -0.05) is 48.0 Å². The molecule has 0 aliphatic carbocycles. The lowest BCUT2D eigenvalue weighted by atomic mass is 10.1. The summed E-state index contributed by atoms with van der Waals surface area (Å²) < 4.78 is 5.89. The molecule has 1 aromatic heterocycles. The second-order valence-electron chi connectivity index (χ2n) is 6.16. The van der Waals surface area contributed by atoms with Gasteiger partial charge in [-0.25, -0.2) is 4.98 Å². The van der Waals surface area contributed by atoms with Crippen molar-refractivity contribution in [3.63, 3.8) is 0 Å². The molecule has 2 aromatic carbocycles. The van der Waals surface area contributed by atoms with E-state index in [0.717, 1.165) is 11.1 Å². The lowest BCUT2D eigenvalue weighted by molar-refractivity contribution is -0.124. The molecule has 1 aliphatic rings. The van der Waals surface area contributed by atoms with Crippen LogP contribution in [-0.2, 0) is 17.8 Å². The number of aromatic nitrogens is 1. The zero-order chi connectivity index (χ0) is 17.9. The number of carbonyl (C=O) groups is 1. The van der Waals surface area contributed by atoms with Crippen molar-refractivity contribution in [2.45, 2.75) is 19.1 Å². The Bertz CT molecular complexity index is 916. The molecule has 0 bridgehead atoms. The first kappa shape index (κ1) is 16.6. The highest BCUT2D eigenvalue weighted by molar-refractivity contribution is 6.30. The van der Waals surface area contributed by atoms with Gasteiger partial charge in [0, 0.05) is 17.6 Å². The van der Waals surface area contributed by atoms with Crippen LogP contribution in [0, 0.1) is 0 Å². The van der Waals surface area contributed by atoms with Crippen LogP contribution in [0.25, 0.3) is 0 Å². The summed E-state index contributed by atoms with van der Waals surface area (Å²) >= 11 is 6.06. The first-order chi connectivity index (χ1) is 12.7. The minimum Gasteiger partial charge on any atom is -0.480 e. The summed E-state index contributed by atoms with van der Waals surface area (Å²) in [5, 5.41) is 0.645. The van der Waals surface area contributed by atoms with Crippen molar-refractivity contribution in [2.75, 3.05) is 4.90 Å². The molecule has 0 saturated heterocycles. The van der Waals surface area contributed by atoms with E-state index in [0.29, 0.717) is 29.6 Å². The van der Waals surface area contributed by atoms with Gasteiger partial charge in [-0.2, -0.15) is 0 Å². The van der Waals surface area contributed by atoms with Crippen LogP contribution in [0.15, 0.2) is 72.9 Å². The predicted octanol–water partition coefficient (Wildman–Crippen LogP) is 4.27. The van der Waals surface area contributed by atoms with Gasteiger partial charge >= 0.3 is 0 Å². The number of benzene rings is 2. The lowest BCUT2D eigenvalue weighted by Gasteiger charge is -2.24. The van der Waals surface area contributed by atoms with Crippen LogP contribution in [0.5, 0.6) is 5.75 Å². The Hall–Kier alpha value is -2.85. The number of nitrogens with zero attached hydrogens (tertiary/aromatic N) is 2. The first-order valence-corrected chi connectivity index (χ1v) is 8.80. The third-order valence-corrected chi connectivity index (χ3v) is 4.58. The van der Waals surface area contributed by atoms with Gasteiger partial charge in [0.25, 0.3) is 5.91 Å². The van der Waals surface area contributed by atoms with Crippen LogP contribution in [0.3, 0.4) is 0 Å². The molecule has 1 amide bonds. The van der Waals surface area contributed by atoms with Crippen molar-refractivity contribution in [3.8, 4) is 5.75 Å². The fraction of sp³-hybridized carbons (Fsp3) is 0.143. The maximum Gasteiger partial charge on any atom is 0.269 e. The molecular weight excluding hydrogens is 348 g/mol. The fourth-order valence-corrected chi connectivity index (χ4v) is 3.27. The molecule has 26 heavy (non-hydrogen) atoms. The number of anilines is 1. The van der Waals surface area contributed by atoms with E-state index >= 15 is 0 Å². The SMILES string of the molecule is O=C([C@H]1Cc2cc(Cl)ccc2O1)N(Cc1ccccc1)c1ccccn1. The molecule has 0 N–H and O–H groups in total. The standard InChI is InChI=1S/C21H17ClN2O2/c22-17-9-10-18-16(12-17)13-19(26-18)21(25)24(20-8-4-5-11-23-20)14-15-6-2-1-3-7-15/h1-12,19H,13-14H2/t19-/m1/s1. The van der Waals surface area contributed by atoms with E-state index in [1.807, 2.05) is 60.7 Å². The van der Waals surface area contributed by atoms with E-state index in [2.05, 4.69) is 4.98 Å². The second-order valence-corrected chi connectivity index (χ2v) is 6.60. The minimum absolute atomic E-state index is 0.111. The summed E-state index contributed by atoms with van der Waals surface area (Å²) in [7, 11) is 0. The molecule has 0 fully saturated rings. The molecular formula is C21H17ClN2O2. The van der Waals surface area contributed by atoms with Crippen LogP contribution in [0.2, 0.25) is 5.02 Å². The maximum absolute atomic E-state index is 13.2. The summed E-state index contributed by atoms with van der Waals surface area (Å²) in [5.41, 5.74) is 1.99. The van der Waals surface area contributed by atoms with Gasteiger partial charge in [0.15, 0.2) is 6.10 Å². The number of rotatable bonds is 4. The van der Waals surface area contributed by atoms with Gasteiger partial charge in [0.2, 0.25) is 0 Å². The summed E-state index contributed by atoms with van der Waals surface area (Å²) in [4.78, 5) is 19.3. The van der Waals surface area contributed by atoms with Crippen LogP contribution < -0.4 is 9.64 Å². The molecule has 3 aromatic rings. The number of hydrogen-bond acceptors (Lipinski definition) is 3. The Morgan fingerprint density at radius 1 is 1.12 bits per heavy atom. The first-order valence-electron chi connectivity index (χ1n) is 8.42. The van der Waals surface area contributed by atoms with E-state index in [1.54, 1.807) is 17.2 Å². The Kier molecular flexibility index (Phi) is 4.59. The Morgan fingerprint density at radius 2 is 1.92 bits per heavy atom. The van der Waals surface area contributed by atoms with Crippen LogP contribution >= 0.6 is 11.6 Å². The fourth-order valence-electron chi connectivity index (χ4n) is 3.08.